The predicted octanol–water partition coefficient (Wildman–Crippen LogP) is 4.18. The highest BCUT2D eigenvalue weighted by Gasteiger charge is 2.23. The number of aliphatic carboxylic acids is 1. The molecule has 1 fully saturated rings. The predicted molar refractivity (Wildman–Crippen MR) is 70.9 cm³/mol. The standard InChI is InChI=1S/C15H24O2/c1-5-11(3)14-8-10(2)6-7-13(14)9-12(4)15(16)17/h9-10,13H,5-8H2,1-4H3,(H,16,17)/b12-9+,14-11+/t10-,13+/m1/s1. The summed E-state index contributed by atoms with van der Waals surface area (Å²) in [5, 5.41) is 8.96. The fraction of sp³-hybridized carbons (Fsp3) is 0.667. The van der Waals surface area contributed by atoms with Gasteiger partial charge in [-0.15, -0.1) is 0 Å². The molecule has 17 heavy (non-hydrogen) atoms. The van der Waals surface area contributed by atoms with E-state index in [4.69, 9.17) is 5.11 Å². The summed E-state index contributed by atoms with van der Waals surface area (Å²) in [6.45, 7) is 8.34. The smallest absolute Gasteiger partial charge is 0.330 e. The Morgan fingerprint density at radius 3 is 2.59 bits per heavy atom. The molecule has 1 aliphatic rings. The third kappa shape index (κ3) is 3.72. The third-order valence-corrected chi connectivity index (χ3v) is 3.85. The molecule has 0 aliphatic heterocycles. The maximum absolute atomic E-state index is 10.9. The molecule has 0 heterocycles. The van der Waals surface area contributed by atoms with Gasteiger partial charge in [0.15, 0.2) is 0 Å². The van der Waals surface area contributed by atoms with Crippen LogP contribution in [0.5, 0.6) is 0 Å². The van der Waals surface area contributed by atoms with Crippen molar-refractivity contribution in [2.24, 2.45) is 11.8 Å². The lowest BCUT2D eigenvalue weighted by molar-refractivity contribution is -0.132. The van der Waals surface area contributed by atoms with Crippen molar-refractivity contribution in [1.29, 1.82) is 0 Å². The zero-order valence-electron chi connectivity index (χ0n) is 11.4. The van der Waals surface area contributed by atoms with Crippen LogP contribution in [0.4, 0.5) is 0 Å². The molecule has 1 rings (SSSR count). The number of hydrogen-bond donors (Lipinski definition) is 1. The zero-order chi connectivity index (χ0) is 13.0. The molecule has 0 amide bonds. The first-order valence-corrected chi connectivity index (χ1v) is 6.55. The van der Waals surface area contributed by atoms with Gasteiger partial charge < -0.3 is 5.11 Å². The quantitative estimate of drug-likeness (QED) is 0.589. The number of carboxylic acid groups (broad SMARTS) is 1. The molecule has 0 aromatic rings. The molecule has 0 saturated heterocycles. The summed E-state index contributed by atoms with van der Waals surface area (Å²) < 4.78 is 0. The molecule has 1 saturated carbocycles. The highest BCUT2D eigenvalue weighted by molar-refractivity contribution is 5.85. The van der Waals surface area contributed by atoms with Crippen molar-refractivity contribution >= 4 is 5.97 Å². The molecule has 0 aromatic heterocycles. The molecular formula is C15H24O2. The lowest BCUT2D eigenvalue weighted by Gasteiger charge is -2.29. The Morgan fingerprint density at radius 2 is 2.06 bits per heavy atom. The monoisotopic (exact) mass is 236 g/mol. The highest BCUT2D eigenvalue weighted by atomic mass is 16.4. The van der Waals surface area contributed by atoms with Crippen LogP contribution in [0.2, 0.25) is 0 Å². The van der Waals surface area contributed by atoms with Crippen molar-refractivity contribution < 1.29 is 9.90 Å². The van der Waals surface area contributed by atoms with Gasteiger partial charge in [-0.05, 0) is 51.4 Å². The Morgan fingerprint density at radius 1 is 1.41 bits per heavy atom. The van der Waals surface area contributed by atoms with E-state index >= 15 is 0 Å². The summed E-state index contributed by atoms with van der Waals surface area (Å²) in [7, 11) is 0. The van der Waals surface area contributed by atoms with Crippen LogP contribution < -0.4 is 0 Å². The van der Waals surface area contributed by atoms with Gasteiger partial charge in [0.05, 0.1) is 0 Å². The second-order valence-electron chi connectivity index (χ2n) is 5.31. The van der Waals surface area contributed by atoms with Crippen molar-refractivity contribution in [1.82, 2.24) is 0 Å². The second-order valence-corrected chi connectivity index (χ2v) is 5.31. The largest absolute Gasteiger partial charge is 0.478 e. The molecule has 96 valence electrons. The van der Waals surface area contributed by atoms with E-state index in [9.17, 15) is 4.79 Å². The minimum Gasteiger partial charge on any atom is -0.478 e. The maximum Gasteiger partial charge on any atom is 0.330 e. The second kappa shape index (κ2) is 6.04. The van der Waals surface area contributed by atoms with Crippen LogP contribution in [0, 0.1) is 11.8 Å². The average Bonchev–Trinajstić information content (AvgIpc) is 2.30. The van der Waals surface area contributed by atoms with Crippen molar-refractivity contribution in [3.63, 3.8) is 0 Å². The van der Waals surface area contributed by atoms with Gasteiger partial charge in [-0.3, -0.25) is 0 Å². The van der Waals surface area contributed by atoms with E-state index in [0.717, 1.165) is 25.2 Å². The molecule has 1 aliphatic carbocycles. The summed E-state index contributed by atoms with van der Waals surface area (Å²) in [5.41, 5.74) is 3.40. The van der Waals surface area contributed by atoms with Crippen LogP contribution in [0.1, 0.15) is 53.4 Å². The minimum atomic E-state index is -0.794. The Bertz CT molecular complexity index is 350. The van der Waals surface area contributed by atoms with E-state index in [1.807, 2.05) is 6.08 Å². The van der Waals surface area contributed by atoms with Crippen molar-refractivity contribution in [2.45, 2.75) is 53.4 Å². The van der Waals surface area contributed by atoms with Gasteiger partial charge in [-0.2, -0.15) is 0 Å². The molecule has 2 atom stereocenters. The molecule has 1 N–H and O–H groups in total. The molecule has 0 aromatic carbocycles. The lowest BCUT2D eigenvalue weighted by Crippen LogP contribution is -2.16. The molecule has 0 radical (unpaired) electrons. The molecular weight excluding hydrogens is 212 g/mol. The SMILES string of the molecule is CC/C(C)=C1\C[C@H](C)CC[C@H]1/C=C(\C)C(=O)O. The first-order valence-electron chi connectivity index (χ1n) is 6.55. The van der Waals surface area contributed by atoms with Crippen LogP contribution in [-0.2, 0) is 4.79 Å². The average molecular weight is 236 g/mol. The first-order chi connectivity index (χ1) is 7.95. The van der Waals surface area contributed by atoms with Gasteiger partial charge in [0.25, 0.3) is 0 Å². The number of carboxylic acids is 1. The van der Waals surface area contributed by atoms with Gasteiger partial charge in [-0.25, -0.2) is 4.79 Å². The first kappa shape index (κ1) is 14.0. The highest BCUT2D eigenvalue weighted by Crippen LogP contribution is 2.37. The zero-order valence-corrected chi connectivity index (χ0v) is 11.4. The minimum absolute atomic E-state index is 0.349. The van der Waals surface area contributed by atoms with Crippen LogP contribution in [0.3, 0.4) is 0 Å². The van der Waals surface area contributed by atoms with Gasteiger partial charge in [0.2, 0.25) is 0 Å². The Kier molecular flexibility index (Phi) is 4.98. The van der Waals surface area contributed by atoms with Crippen molar-refractivity contribution in [2.75, 3.05) is 0 Å². The molecule has 2 nitrogen and oxygen atoms in total. The van der Waals surface area contributed by atoms with Crippen LogP contribution in [-0.4, -0.2) is 11.1 Å². The topological polar surface area (TPSA) is 37.3 Å². The van der Waals surface area contributed by atoms with Crippen molar-refractivity contribution in [3.8, 4) is 0 Å². The van der Waals surface area contributed by atoms with Crippen LogP contribution in [0.15, 0.2) is 22.8 Å². The van der Waals surface area contributed by atoms with Gasteiger partial charge in [0, 0.05) is 5.57 Å². The molecule has 0 spiro atoms. The molecule has 0 bridgehead atoms. The number of rotatable bonds is 3. The van der Waals surface area contributed by atoms with Crippen LogP contribution in [0.25, 0.3) is 0 Å². The number of carbonyl (C=O) groups is 1. The van der Waals surface area contributed by atoms with Crippen molar-refractivity contribution in [3.05, 3.63) is 22.8 Å². The fourth-order valence-corrected chi connectivity index (χ4v) is 2.54. The maximum atomic E-state index is 10.9. The third-order valence-electron chi connectivity index (χ3n) is 3.85. The fourth-order valence-electron chi connectivity index (χ4n) is 2.54. The molecule has 2 heteroatoms. The van der Waals surface area contributed by atoms with E-state index in [0.29, 0.717) is 11.5 Å². The van der Waals surface area contributed by atoms with E-state index in [-0.39, 0.29) is 0 Å². The van der Waals surface area contributed by atoms with Gasteiger partial charge in [-0.1, -0.05) is 31.1 Å². The summed E-state index contributed by atoms with van der Waals surface area (Å²) in [6, 6.07) is 0. The van der Waals surface area contributed by atoms with Crippen LogP contribution >= 0.6 is 0 Å². The molecule has 0 unspecified atom stereocenters. The van der Waals surface area contributed by atoms with E-state index < -0.39 is 5.97 Å². The van der Waals surface area contributed by atoms with E-state index in [1.54, 1.807) is 6.92 Å². The summed E-state index contributed by atoms with van der Waals surface area (Å²) in [6.07, 6.45) is 6.45. The number of hydrogen-bond acceptors (Lipinski definition) is 1. The lowest BCUT2D eigenvalue weighted by atomic mass is 9.76. The number of allylic oxidation sites excluding steroid dienone is 3. The Labute approximate surface area is 104 Å². The van der Waals surface area contributed by atoms with Gasteiger partial charge >= 0.3 is 5.97 Å². The van der Waals surface area contributed by atoms with E-state index in [1.165, 1.54) is 17.6 Å². The van der Waals surface area contributed by atoms with Gasteiger partial charge in [0.1, 0.15) is 0 Å². The Hall–Kier alpha value is -1.05. The van der Waals surface area contributed by atoms with E-state index in [2.05, 4.69) is 20.8 Å². The normalized spacial score (nSPS) is 29.1. The summed E-state index contributed by atoms with van der Waals surface area (Å²) >= 11 is 0. The Balaban J connectivity index is 2.97. The summed E-state index contributed by atoms with van der Waals surface area (Å²) in [4.78, 5) is 10.9. The summed E-state index contributed by atoms with van der Waals surface area (Å²) in [5.74, 6) is 0.292.